The fourth-order valence-corrected chi connectivity index (χ4v) is 5.34. The van der Waals surface area contributed by atoms with Crippen molar-refractivity contribution >= 4 is 11.3 Å². The molecule has 0 bridgehead atoms. The normalized spacial score (nSPS) is 25.8. The Hall–Kier alpha value is -1.20. The molecular formula is C21H27NO2S. The lowest BCUT2D eigenvalue weighted by atomic mass is 9.58. The van der Waals surface area contributed by atoms with Gasteiger partial charge in [-0.05, 0) is 55.4 Å². The number of aliphatic hydroxyl groups is 1. The van der Waals surface area contributed by atoms with E-state index in [-0.39, 0.29) is 17.6 Å². The van der Waals surface area contributed by atoms with Gasteiger partial charge in [0.25, 0.3) is 0 Å². The molecule has 1 aromatic carbocycles. The fourth-order valence-electron chi connectivity index (χ4n) is 4.41. The van der Waals surface area contributed by atoms with Crippen molar-refractivity contribution in [1.29, 1.82) is 0 Å². The number of likely N-dealkylation sites (tertiary alicyclic amines) is 1. The SMILES string of the molecule is CCO[C@H]1C[C@H](O)C12CCN(Cc1cc(-c3ccccc3)cs1)CC2. The van der Waals surface area contributed by atoms with E-state index in [1.807, 2.05) is 11.3 Å². The van der Waals surface area contributed by atoms with Gasteiger partial charge in [-0.15, -0.1) is 11.3 Å². The lowest BCUT2D eigenvalue weighted by molar-refractivity contribution is -0.209. The van der Waals surface area contributed by atoms with E-state index in [9.17, 15) is 5.11 Å². The molecule has 25 heavy (non-hydrogen) atoms. The Bertz CT molecular complexity index is 689. The van der Waals surface area contributed by atoms with E-state index in [0.29, 0.717) is 0 Å². The summed E-state index contributed by atoms with van der Waals surface area (Å²) in [5.41, 5.74) is 2.64. The van der Waals surface area contributed by atoms with Crippen molar-refractivity contribution in [2.24, 2.45) is 5.41 Å². The summed E-state index contributed by atoms with van der Waals surface area (Å²) in [5, 5.41) is 12.6. The fraction of sp³-hybridized carbons (Fsp3) is 0.524. The standard InChI is InChI=1S/C21H27NO2S/c1-2-24-20-13-19(23)21(20)8-10-22(11-9-21)14-18-12-17(15-25-18)16-6-4-3-5-7-16/h3-7,12,15,19-20,23H,2,8-11,13-14H2,1H3/t19-,20-/m0/s1. The first-order chi connectivity index (χ1) is 12.2. The second kappa shape index (κ2) is 7.20. The number of hydrogen-bond donors (Lipinski definition) is 1. The van der Waals surface area contributed by atoms with Gasteiger partial charge in [0.15, 0.2) is 0 Å². The summed E-state index contributed by atoms with van der Waals surface area (Å²) >= 11 is 1.85. The molecule has 0 radical (unpaired) electrons. The van der Waals surface area contributed by atoms with Crippen molar-refractivity contribution in [1.82, 2.24) is 4.90 Å². The molecule has 4 heteroatoms. The third-order valence-corrected chi connectivity index (χ3v) is 6.96. The van der Waals surface area contributed by atoms with Gasteiger partial charge in [-0.1, -0.05) is 30.3 Å². The minimum atomic E-state index is -0.169. The Kier molecular flexibility index (Phi) is 4.96. The predicted octanol–water partition coefficient (Wildman–Crippen LogP) is 4.17. The van der Waals surface area contributed by atoms with Gasteiger partial charge >= 0.3 is 0 Å². The number of benzene rings is 1. The number of hydrogen-bond acceptors (Lipinski definition) is 4. The first-order valence-electron chi connectivity index (χ1n) is 9.36. The quantitative estimate of drug-likeness (QED) is 0.872. The average Bonchev–Trinajstić information content (AvgIpc) is 3.11. The molecule has 1 aliphatic heterocycles. The highest BCUT2D eigenvalue weighted by atomic mass is 32.1. The molecule has 1 saturated carbocycles. The Morgan fingerprint density at radius 1 is 1.20 bits per heavy atom. The molecule has 2 heterocycles. The van der Waals surface area contributed by atoms with Crippen molar-refractivity contribution in [3.05, 3.63) is 46.7 Å². The van der Waals surface area contributed by atoms with Crippen LogP contribution in [0.15, 0.2) is 41.8 Å². The molecule has 2 atom stereocenters. The van der Waals surface area contributed by atoms with Crippen LogP contribution in [0.25, 0.3) is 11.1 Å². The number of thiophene rings is 1. The molecule has 4 rings (SSSR count). The van der Waals surface area contributed by atoms with Gasteiger partial charge in [-0.25, -0.2) is 0 Å². The van der Waals surface area contributed by atoms with Crippen LogP contribution in [0.1, 0.15) is 31.1 Å². The average molecular weight is 358 g/mol. The van der Waals surface area contributed by atoms with Crippen LogP contribution in [0.2, 0.25) is 0 Å². The Morgan fingerprint density at radius 2 is 1.96 bits per heavy atom. The minimum absolute atomic E-state index is 0.0250. The largest absolute Gasteiger partial charge is 0.392 e. The van der Waals surface area contributed by atoms with Gasteiger partial charge in [0, 0.05) is 29.9 Å². The maximum atomic E-state index is 10.3. The van der Waals surface area contributed by atoms with E-state index in [0.717, 1.165) is 45.5 Å². The minimum Gasteiger partial charge on any atom is -0.392 e. The van der Waals surface area contributed by atoms with Crippen LogP contribution in [0.3, 0.4) is 0 Å². The van der Waals surface area contributed by atoms with Gasteiger partial charge in [-0.3, -0.25) is 4.90 Å². The zero-order valence-electron chi connectivity index (χ0n) is 14.9. The molecule has 134 valence electrons. The van der Waals surface area contributed by atoms with Gasteiger partial charge in [0.2, 0.25) is 0 Å². The number of rotatable bonds is 5. The molecule has 0 unspecified atom stereocenters. The predicted molar refractivity (Wildman–Crippen MR) is 103 cm³/mol. The van der Waals surface area contributed by atoms with Crippen LogP contribution in [-0.4, -0.2) is 41.9 Å². The molecule has 1 saturated heterocycles. The summed E-state index contributed by atoms with van der Waals surface area (Å²) in [4.78, 5) is 3.95. The Labute approximate surface area is 154 Å². The van der Waals surface area contributed by atoms with Gasteiger partial charge in [0.05, 0.1) is 12.2 Å². The van der Waals surface area contributed by atoms with E-state index >= 15 is 0 Å². The van der Waals surface area contributed by atoms with E-state index in [4.69, 9.17) is 4.74 Å². The van der Waals surface area contributed by atoms with Crippen LogP contribution in [0.4, 0.5) is 0 Å². The first-order valence-corrected chi connectivity index (χ1v) is 10.2. The summed E-state index contributed by atoms with van der Waals surface area (Å²) in [5.74, 6) is 0. The van der Waals surface area contributed by atoms with E-state index < -0.39 is 0 Å². The molecule has 2 aromatic rings. The van der Waals surface area contributed by atoms with E-state index in [1.54, 1.807) is 0 Å². The highest BCUT2D eigenvalue weighted by Crippen LogP contribution is 2.51. The Morgan fingerprint density at radius 3 is 2.64 bits per heavy atom. The first kappa shape index (κ1) is 17.2. The second-order valence-corrected chi connectivity index (χ2v) is 8.37. The van der Waals surface area contributed by atoms with Gasteiger partial charge < -0.3 is 9.84 Å². The topological polar surface area (TPSA) is 32.7 Å². The van der Waals surface area contributed by atoms with Crippen LogP contribution < -0.4 is 0 Å². The molecule has 1 aliphatic carbocycles. The lowest BCUT2D eigenvalue weighted by Gasteiger charge is -2.56. The van der Waals surface area contributed by atoms with Crippen LogP contribution in [0.5, 0.6) is 0 Å². The third kappa shape index (κ3) is 3.28. The summed E-state index contributed by atoms with van der Waals surface area (Å²) in [6.07, 6.45) is 3.02. The Balaban J connectivity index is 1.36. The molecule has 1 N–H and O–H groups in total. The van der Waals surface area contributed by atoms with Gasteiger partial charge in [0.1, 0.15) is 0 Å². The summed E-state index contributed by atoms with van der Waals surface area (Å²) in [6.45, 7) is 5.93. The lowest BCUT2D eigenvalue weighted by Crippen LogP contribution is -2.62. The summed E-state index contributed by atoms with van der Waals surface area (Å²) < 4.78 is 5.87. The highest BCUT2D eigenvalue weighted by molar-refractivity contribution is 7.10. The number of piperidine rings is 1. The zero-order chi connectivity index (χ0) is 17.3. The van der Waals surface area contributed by atoms with Crippen molar-refractivity contribution in [2.45, 2.75) is 44.9 Å². The zero-order valence-corrected chi connectivity index (χ0v) is 15.7. The molecule has 2 aliphatic rings. The van der Waals surface area contributed by atoms with Crippen molar-refractivity contribution in [3.63, 3.8) is 0 Å². The van der Waals surface area contributed by atoms with Crippen molar-refractivity contribution in [3.8, 4) is 11.1 Å². The van der Waals surface area contributed by atoms with Crippen molar-refractivity contribution < 1.29 is 9.84 Å². The summed E-state index contributed by atoms with van der Waals surface area (Å²) in [7, 11) is 0. The second-order valence-electron chi connectivity index (χ2n) is 7.37. The van der Waals surface area contributed by atoms with E-state index in [1.165, 1.54) is 16.0 Å². The molecular weight excluding hydrogens is 330 g/mol. The number of ether oxygens (including phenoxy) is 1. The molecule has 0 amide bonds. The van der Waals surface area contributed by atoms with Crippen LogP contribution in [0, 0.1) is 5.41 Å². The summed E-state index contributed by atoms with van der Waals surface area (Å²) in [6, 6.07) is 12.9. The smallest absolute Gasteiger partial charge is 0.0681 e. The molecule has 1 aromatic heterocycles. The maximum Gasteiger partial charge on any atom is 0.0681 e. The molecule has 1 spiro atoms. The maximum absolute atomic E-state index is 10.3. The monoisotopic (exact) mass is 357 g/mol. The van der Waals surface area contributed by atoms with E-state index in [2.05, 4.69) is 53.6 Å². The number of aliphatic hydroxyl groups excluding tert-OH is 1. The van der Waals surface area contributed by atoms with Crippen LogP contribution >= 0.6 is 11.3 Å². The third-order valence-electron chi connectivity index (χ3n) is 6.04. The highest BCUT2D eigenvalue weighted by Gasteiger charge is 2.55. The molecule has 3 nitrogen and oxygen atoms in total. The molecule has 2 fully saturated rings. The van der Waals surface area contributed by atoms with Crippen molar-refractivity contribution in [2.75, 3.05) is 19.7 Å². The van der Waals surface area contributed by atoms with Crippen LogP contribution in [-0.2, 0) is 11.3 Å². The van der Waals surface area contributed by atoms with Gasteiger partial charge in [-0.2, -0.15) is 0 Å². The number of nitrogens with zero attached hydrogens (tertiary/aromatic N) is 1.